The van der Waals surface area contributed by atoms with Crippen LogP contribution in [0.3, 0.4) is 0 Å². The summed E-state index contributed by atoms with van der Waals surface area (Å²) in [5.41, 5.74) is 0.751. The molecule has 6 heteroatoms. The number of thiazole rings is 1. The minimum atomic E-state index is -0.565. The highest BCUT2D eigenvalue weighted by atomic mass is 32.1. The summed E-state index contributed by atoms with van der Waals surface area (Å²) in [5.74, 6) is 0.494. The maximum atomic E-state index is 12.0. The van der Waals surface area contributed by atoms with E-state index >= 15 is 0 Å². The zero-order valence-electron chi connectivity index (χ0n) is 13.1. The van der Waals surface area contributed by atoms with Crippen molar-refractivity contribution in [2.45, 2.75) is 52.7 Å². The summed E-state index contributed by atoms with van der Waals surface area (Å²) in [6.07, 6.45) is 1.70. The number of urea groups is 1. The zero-order valence-corrected chi connectivity index (χ0v) is 14.0. The number of nitrogens with one attached hydrogen (secondary N) is 2. The Kier molecular flexibility index (Phi) is 4.88. The number of amides is 2. The van der Waals surface area contributed by atoms with Crippen molar-refractivity contribution in [3.05, 3.63) is 16.1 Å². The molecule has 0 aromatic carbocycles. The van der Waals surface area contributed by atoms with Gasteiger partial charge in [-0.1, -0.05) is 20.8 Å². The highest BCUT2D eigenvalue weighted by Gasteiger charge is 2.35. The molecular weight excluding hydrogens is 286 g/mol. The molecule has 5 nitrogen and oxygen atoms in total. The van der Waals surface area contributed by atoms with E-state index in [2.05, 4.69) is 15.6 Å². The Hall–Kier alpha value is -1.14. The summed E-state index contributed by atoms with van der Waals surface area (Å²) < 4.78 is 0. The molecule has 1 aromatic heterocycles. The molecule has 0 radical (unpaired) electrons. The lowest BCUT2D eigenvalue weighted by molar-refractivity contribution is 0.0648. The first kappa shape index (κ1) is 16.2. The van der Waals surface area contributed by atoms with Gasteiger partial charge in [-0.2, -0.15) is 0 Å². The van der Waals surface area contributed by atoms with Gasteiger partial charge in [0.05, 0.1) is 12.1 Å². The Morgan fingerprint density at radius 3 is 2.67 bits per heavy atom. The fraction of sp³-hybridized carbons (Fsp3) is 0.733. The van der Waals surface area contributed by atoms with Crippen molar-refractivity contribution in [3.63, 3.8) is 0 Å². The van der Waals surface area contributed by atoms with Gasteiger partial charge in [-0.3, -0.25) is 0 Å². The number of hydrogen-bond acceptors (Lipinski definition) is 4. The van der Waals surface area contributed by atoms with Gasteiger partial charge in [-0.15, -0.1) is 11.3 Å². The lowest BCUT2D eigenvalue weighted by Gasteiger charge is -2.26. The monoisotopic (exact) mass is 311 g/mol. The molecule has 0 aliphatic heterocycles. The molecule has 1 aromatic rings. The van der Waals surface area contributed by atoms with Gasteiger partial charge in [0, 0.05) is 17.6 Å². The SMILES string of the molecule is Cc1csc(C(NC(=O)NCC(O)C(C)(C)C)C2CC2)n1. The molecule has 1 fully saturated rings. The maximum Gasteiger partial charge on any atom is 0.315 e. The predicted octanol–water partition coefficient (Wildman–Crippen LogP) is 2.61. The van der Waals surface area contributed by atoms with Crippen molar-refractivity contribution in [3.8, 4) is 0 Å². The molecule has 2 rings (SSSR count). The van der Waals surface area contributed by atoms with Crippen molar-refractivity contribution in [2.24, 2.45) is 11.3 Å². The predicted molar refractivity (Wildman–Crippen MR) is 84.3 cm³/mol. The normalized spacial score (nSPS) is 18.1. The van der Waals surface area contributed by atoms with E-state index in [1.807, 2.05) is 33.1 Å². The van der Waals surface area contributed by atoms with E-state index in [4.69, 9.17) is 0 Å². The quantitative estimate of drug-likeness (QED) is 0.782. The Balaban J connectivity index is 1.88. The third kappa shape index (κ3) is 4.68. The number of carbonyl (C=O) groups excluding carboxylic acids is 1. The van der Waals surface area contributed by atoms with Crippen molar-refractivity contribution in [1.29, 1.82) is 0 Å². The molecule has 3 N–H and O–H groups in total. The summed E-state index contributed by atoms with van der Waals surface area (Å²) >= 11 is 1.59. The van der Waals surface area contributed by atoms with Gasteiger partial charge in [-0.05, 0) is 31.1 Å². The lowest BCUT2D eigenvalue weighted by atomic mass is 9.89. The van der Waals surface area contributed by atoms with Crippen LogP contribution in [-0.4, -0.2) is 28.8 Å². The van der Waals surface area contributed by atoms with Crippen molar-refractivity contribution in [1.82, 2.24) is 15.6 Å². The van der Waals surface area contributed by atoms with E-state index in [1.54, 1.807) is 11.3 Å². The second-order valence-corrected chi connectivity index (χ2v) is 7.77. The molecule has 1 heterocycles. The first-order valence-corrected chi connectivity index (χ1v) is 8.30. The van der Waals surface area contributed by atoms with Crippen LogP contribution < -0.4 is 10.6 Å². The summed E-state index contributed by atoms with van der Waals surface area (Å²) in [4.78, 5) is 16.5. The molecule has 2 atom stereocenters. The highest BCUT2D eigenvalue weighted by Crippen LogP contribution is 2.41. The molecule has 2 unspecified atom stereocenters. The number of aryl methyl sites for hydroxylation is 1. The molecule has 1 aliphatic rings. The Morgan fingerprint density at radius 2 is 2.19 bits per heavy atom. The Bertz CT molecular complexity index is 491. The number of carbonyl (C=O) groups is 1. The molecular formula is C15H25N3O2S. The topological polar surface area (TPSA) is 74.2 Å². The standard InChI is InChI=1S/C15H25N3O2S/c1-9-8-21-13(17-9)12(10-5-6-10)18-14(20)16-7-11(19)15(2,3)4/h8,10-12,19H,5-7H2,1-4H3,(H2,16,18,20). The van der Waals surface area contributed by atoms with Crippen LogP contribution in [0.5, 0.6) is 0 Å². The van der Waals surface area contributed by atoms with Gasteiger partial charge in [0.2, 0.25) is 0 Å². The number of hydrogen-bond donors (Lipinski definition) is 3. The Morgan fingerprint density at radius 1 is 1.52 bits per heavy atom. The van der Waals surface area contributed by atoms with Crippen LogP contribution in [0.1, 0.15) is 50.4 Å². The number of aromatic nitrogens is 1. The van der Waals surface area contributed by atoms with E-state index in [0.717, 1.165) is 23.5 Å². The van der Waals surface area contributed by atoms with Crippen LogP contribution in [0.4, 0.5) is 4.79 Å². The van der Waals surface area contributed by atoms with E-state index in [9.17, 15) is 9.90 Å². The van der Waals surface area contributed by atoms with Gasteiger partial charge in [0.1, 0.15) is 5.01 Å². The molecule has 1 aliphatic carbocycles. The summed E-state index contributed by atoms with van der Waals surface area (Å²) in [6, 6.07) is -0.237. The third-order valence-corrected chi connectivity index (χ3v) is 4.78. The van der Waals surface area contributed by atoms with Crippen LogP contribution in [0.25, 0.3) is 0 Å². The molecule has 118 valence electrons. The van der Waals surface area contributed by atoms with Crippen molar-refractivity contribution in [2.75, 3.05) is 6.54 Å². The van der Waals surface area contributed by atoms with E-state index in [-0.39, 0.29) is 24.0 Å². The number of aliphatic hydroxyl groups is 1. The highest BCUT2D eigenvalue weighted by molar-refractivity contribution is 7.09. The first-order valence-electron chi connectivity index (χ1n) is 7.42. The second-order valence-electron chi connectivity index (χ2n) is 6.88. The number of aliphatic hydroxyl groups excluding tert-OH is 1. The summed E-state index contributed by atoms with van der Waals surface area (Å²) in [5, 5.41) is 18.7. The third-order valence-electron chi connectivity index (χ3n) is 3.74. The van der Waals surface area contributed by atoms with E-state index in [1.165, 1.54) is 0 Å². The van der Waals surface area contributed by atoms with Crippen LogP contribution in [0, 0.1) is 18.3 Å². The molecule has 0 spiro atoms. The van der Waals surface area contributed by atoms with Crippen molar-refractivity contribution >= 4 is 17.4 Å². The molecule has 1 saturated carbocycles. The second kappa shape index (κ2) is 6.32. The van der Waals surface area contributed by atoms with Gasteiger partial charge >= 0.3 is 6.03 Å². The minimum Gasteiger partial charge on any atom is -0.391 e. The van der Waals surface area contributed by atoms with Crippen LogP contribution in [0.15, 0.2) is 5.38 Å². The first-order chi connectivity index (χ1) is 9.77. The van der Waals surface area contributed by atoms with Crippen LogP contribution in [0.2, 0.25) is 0 Å². The van der Waals surface area contributed by atoms with Crippen LogP contribution in [-0.2, 0) is 0 Å². The maximum absolute atomic E-state index is 12.0. The number of nitrogens with zero attached hydrogens (tertiary/aromatic N) is 1. The van der Waals surface area contributed by atoms with Gasteiger partial charge in [-0.25, -0.2) is 9.78 Å². The minimum absolute atomic E-state index is 0.00419. The Labute approximate surface area is 130 Å². The molecule has 0 saturated heterocycles. The van der Waals surface area contributed by atoms with Crippen LogP contribution >= 0.6 is 11.3 Å². The summed E-state index contributed by atoms with van der Waals surface area (Å²) in [7, 11) is 0. The zero-order chi connectivity index (χ0) is 15.6. The smallest absolute Gasteiger partial charge is 0.315 e. The molecule has 2 amide bonds. The van der Waals surface area contributed by atoms with Gasteiger partial charge in [0.25, 0.3) is 0 Å². The van der Waals surface area contributed by atoms with Gasteiger partial charge in [0.15, 0.2) is 0 Å². The summed E-state index contributed by atoms with van der Waals surface area (Å²) in [6.45, 7) is 8.06. The van der Waals surface area contributed by atoms with E-state index < -0.39 is 6.10 Å². The largest absolute Gasteiger partial charge is 0.391 e. The lowest BCUT2D eigenvalue weighted by Crippen LogP contribution is -2.44. The number of rotatable bonds is 5. The molecule has 21 heavy (non-hydrogen) atoms. The fourth-order valence-electron chi connectivity index (χ4n) is 2.01. The van der Waals surface area contributed by atoms with Crippen molar-refractivity contribution < 1.29 is 9.90 Å². The van der Waals surface area contributed by atoms with Gasteiger partial charge < -0.3 is 15.7 Å². The molecule has 0 bridgehead atoms. The fourth-order valence-corrected chi connectivity index (χ4v) is 2.95. The average Bonchev–Trinajstić information content (AvgIpc) is 3.14. The van der Waals surface area contributed by atoms with E-state index in [0.29, 0.717) is 5.92 Å². The average molecular weight is 311 g/mol.